The third-order valence-electron chi connectivity index (χ3n) is 5.02. The Labute approximate surface area is 158 Å². The number of rotatable bonds is 5. The van der Waals surface area contributed by atoms with E-state index in [-0.39, 0.29) is 11.8 Å². The molecule has 0 radical (unpaired) electrons. The summed E-state index contributed by atoms with van der Waals surface area (Å²) in [6.45, 7) is 3.13. The van der Waals surface area contributed by atoms with Crippen molar-refractivity contribution in [2.24, 2.45) is 0 Å². The molecule has 0 bridgehead atoms. The zero-order valence-corrected chi connectivity index (χ0v) is 15.7. The number of carbonyl (C=O) groups is 2. The van der Waals surface area contributed by atoms with Gasteiger partial charge in [-0.15, -0.1) is 0 Å². The van der Waals surface area contributed by atoms with Gasteiger partial charge < -0.3 is 9.80 Å². The maximum atomic E-state index is 13.9. The van der Waals surface area contributed by atoms with Gasteiger partial charge in [-0.1, -0.05) is 31.9 Å². The first-order chi connectivity index (χ1) is 13.0. The van der Waals surface area contributed by atoms with Crippen molar-refractivity contribution in [2.75, 3.05) is 20.1 Å². The molecule has 2 aromatic rings. The lowest BCUT2D eigenvalue weighted by atomic mass is 10.0. The summed E-state index contributed by atoms with van der Waals surface area (Å²) in [4.78, 5) is 32.7. The van der Waals surface area contributed by atoms with Crippen LogP contribution in [-0.4, -0.2) is 52.8 Å². The van der Waals surface area contributed by atoms with Crippen LogP contribution in [0.3, 0.4) is 0 Å². The van der Waals surface area contributed by atoms with E-state index in [2.05, 4.69) is 11.9 Å². The number of piperazine rings is 1. The Hall–Kier alpha value is -2.76. The summed E-state index contributed by atoms with van der Waals surface area (Å²) >= 11 is 0. The minimum absolute atomic E-state index is 0.00136. The summed E-state index contributed by atoms with van der Waals surface area (Å²) in [6, 6.07) is 8.03. The molecule has 3 rings (SSSR count). The van der Waals surface area contributed by atoms with Gasteiger partial charge in [0.25, 0.3) is 5.91 Å². The lowest BCUT2D eigenvalue weighted by Crippen LogP contribution is -2.57. The zero-order chi connectivity index (χ0) is 19.4. The fourth-order valence-corrected chi connectivity index (χ4v) is 3.40. The highest BCUT2D eigenvalue weighted by Crippen LogP contribution is 2.24. The average Bonchev–Trinajstić information content (AvgIpc) is 2.69. The second kappa shape index (κ2) is 8.29. The number of likely N-dealkylation sites (N-methyl/N-ethyl adjacent to an activating group) is 1. The predicted octanol–water partition coefficient (Wildman–Crippen LogP) is 3.36. The van der Waals surface area contributed by atoms with Crippen LogP contribution in [0.25, 0.3) is 11.1 Å². The van der Waals surface area contributed by atoms with Crippen LogP contribution in [0, 0.1) is 5.82 Å². The van der Waals surface area contributed by atoms with Crippen molar-refractivity contribution in [3.63, 3.8) is 0 Å². The van der Waals surface area contributed by atoms with Crippen LogP contribution in [0.1, 0.15) is 36.5 Å². The van der Waals surface area contributed by atoms with E-state index in [9.17, 15) is 14.0 Å². The lowest BCUT2D eigenvalue weighted by molar-refractivity contribution is -0.138. The molecule has 2 amide bonds. The third-order valence-corrected chi connectivity index (χ3v) is 5.02. The van der Waals surface area contributed by atoms with Gasteiger partial charge in [0, 0.05) is 37.5 Å². The van der Waals surface area contributed by atoms with Crippen LogP contribution in [-0.2, 0) is 4.79 Å². The number of halogens is 1. The second-order valence-corrected chi connectivity index (χ2v) is 6.85. The molecule has 0 saturated carbocycles. The van der Waals surface area contributed by atoms with Gasteiger partial charge in [0.15, 0.2) is 0 Å². The predicted molar refractivity (Wildman–Crippen MR) is 102 cm³/mol. The Bertz CT molecular complexity index is 822. The maximum absolute atomic E-state index is 13.9. The Kier molecular flexibility index (Phi) is 5.84. The van der Waals surface area contributed by atoms with Crippen LogP contribution in [0.4, 0.5) is 4.39 Å². The lowest BCUT2D eigenvalue weighted by Gasteiger charge is -2.39. The van der Waals surface area contributed by atoms with E-state index >= 15 is 0 Å². The van der Waals surface area contributed by atoms with Crippen LogP contribution < -0.4 is 0 Å². The summed E-state index contributed by atoms with van der Waals surface area (Å²) in [5.41, 5.74) is 1.63. The SMILES string of the molecule is CCCCC1C(=O)N(C)CCN1C(=O)c1ccc(-c2ccncc2F)cc1. The maximum Gasteiger partial charge on any atom is 0.254 e. The van der Waals surface area contributed by atoms with Crippen LogP contribution >= 0.6 is 0 Å². The Morgan fingerprint density at radius 3 is 2.63 bits per heavy atom. The average molecular weight is 369 g/mol. The first kappa shape index (κ1) is 19.0. The first-order valence-electron chi connectivity index (χ1n) is 9.28. The summed E-state index contributed by atoms with van der Waals surface area (Å²) in [6.07, 6.45) is 5.25. The Balaban J connectivity index is 1.82. The number of amides is 2. The minimum Gasteiger partial charge on any atom is -0.342 e. The second-order valence-electron chi connectivity index (χ2n) is 6.85. The van der Waals surface area contributed by atoms with Crippen molar-refractivity contribution < 1.29 is 14.0 Å². The van der Waals surface area contributed by atoms with Crippen molar-refractivity contribution in [1.82, 2.24) is 14.8 Å². The van der Waals surface area contributed by atoms with Gasteiger partial charge in [0.05, 0.1) is 6.20 Å². The van der Waals surface area contributed by atoms with Crippen molar-refractivity contribution in [1.29, 1.82) is 0 Å². The molecule has 0 N–H and O–H groups in total. The molecule has 1 fully saturated rings. The van der Waals surface area contributed by atoms with Crippen LogP contribution in [0.15, 0.2) is 42.7 Å². The summed E-state index contributed by atoms with van der Waals surface area (Å²) in [5.74, 6) is -0.557. The fourth-order valence-electron chi connectivity index (χ4n) is 3.40. The molecule has 2 heterocycles. The summed E-state index contributed by atoms with van der Waals surface area (Å²) in [7, 11) is 1.78. The largest absolute Gasteiger partial charge is 0.342 e. The number of benzene rings is 1. The molecule has 5 nitrogen and oxygen atoms in total. The fraction of sp³-hybridized carbons (Fsp3) is 0.381. The number of hydrogen-bond acceptors (Lipinski definition) is 3. The Morgan fingerprint density at radius 2 is 1.96 bits per heavy atom. The summed E-state index contributed by atoms with van der Waals surface area (Å²) in [5, 5.41) is 0. The molecule has 1 atom stereocenters. The number of hydrogen-bond donors (Lipinski definition) is 0. The molecular formula is C21H24FN3O2. The van der Waals surface area contributed by atoms with Gasteiger partial charge in [0.2, 0.25) is 5.91 Å². The van der Waals surface area contributed by atoms with Gasteiger partial charge in [0.1, 0.15) is 11.9 Å². The van der Waals surface area contributed by atoms with Crippen molar-refractivity contribution in [2.45, 2.75) is 32.2 Å². The van der Waals surface area contributed by atoms with Gasteiger partial charge in [-0.3, -0.25) is 14.6 Å². The van der Waals surface area contributed by atoms with E-state index in [0.29, 0.717) is 36.2 Å². The van der Waals surface area contributed by atoms with E-state index in [4.69, 9.17) is 0 Å². The number of pyridine rings is 1. The molecular weight excluding hydrogens is 345 g/mol. The smallest absolute Gasteiger partial charge is 0.254 e. The first-order valence-corrected chi connectivity index (χ1v) is 9.28. The van der Waals surface area contributed by atoms with Gasteiger partial charge >= 0.3 is 0 Å². The molecule has 142 valence electrons. The highest BCUT2D eigenvalue weighted by molar-refractivity contribution is 5.98. The van der Waals surface area contributed by atoms with Crippen molar-refractivity contribution >= 4 is 11.8 Å². The molecule has 1 unspecified atom stereocenters. The number of unbranched alkanes of at least 4 members (excludes halogenated alkanes) is 1. The number of carbonyl (C=O) groups excluding carboxylic acids is 2. The van der Waals surface area contributed by atoms with E-state index in [0.717, 1.165) is 12.8 Å². The van der Waals surface area contributed by atoms with Gasteiger partial charge in [-0.05, 0) is 30.2 Å². The quantitative estimate of drug-likeness (QED) is 0.812. The van der Waals surface area contributed by atoms with Gasteiger partial charge in [-0.2, -0.15) is 0 Å². The molecule has 6 heteroatoms. The molecule has 1 saturated heterocycles. The van der Waals surface area contributed by atoms with E-state index in [1.165, 1.54) is 12.4 Å². The third kappa shape index (κ3) is 3.99. The van der Waals surface area contributed by atoms with Crippen LogP contribution in [0.5, 0.6) is 0 Å². The molecule has 0 aliphatic carbocycles. The summed E-state index contributed by atoms with van der Waals surface area (Å²) < 4.78 is 13.9. The van der Waals surface area contributed by atoms with Crippen molar-refractivity contribution in [3.05, 3.63) is 54.1 Å². The molecule has 1 aromatic heterocycles. The van der Waals surface area contributed by atoms with Gasteiger partial charge in [-0.25, -0.2) is 4.39 Å². The van der Waals surface area contributed by atoms with E-state index in [1.807, 2.05) is 0 Å². The highest BCUT2D eigenvalue weighted by atomic mass is 19.1. The van der Waals surface area contributed by atoms with Crippen molar-refractivity contribution in [3.8, 4) is 11.1 Å². The standard InChI is InChI=1S/C21H24FN3O2/c1-3-4-5-19-21(27)24(2)12-13-25(19)20(26)16-8-6-15(7-9-16)17-10-11-23-14-18(17)22/h6-11,14,19H,3-5,12-13H2,1-2H3. The van der Waals surface area contributed by atoms with Crippen LogP contribution in [0.2, 0.25) is 0 Å². The topological polar surface area (TPSA) is 53.5 Å². The highest BCUT2D eigenvalue weighted by Gasteiger charge is 2.35. The minimum atomic E-state index is -0.409. The monoisotopic (exact) mass is 369 g/mol. The molecule has 1 aromatic carbocycles. The van der Waals surface area contributed by atoms with E-state index in [1.54, 1.807) is 47.2 Å². The van der Waals surface area contributed by atoms with E-state index < -0.39 is 11.9 Å². The number of nitrogens with zero attached hydrogens (tertiary/aromatic N) is 3. The molecule has 27 heavy (non-hydrogen) atoms. The molecule has 1 aliphatic heterocycles. The number of aromatic nitrogens is 1. The molecule has 1 aliphatic rings. The Morgan fingerprint density at radius 1 is 1.22 bits per heavy atom. The molecule has 0 spiro atoms. The normalized spacial score (nSPS) is 17.3. The zero-order valence-electron chi connectivity index (χ0n) is 15.7.